The third kappa shape index (κ3) is 6.18. The minimum atomic E-state index is -3.40. The van der Waals surface area contributed by atoms with Crippen LogP contribution in [-0.2, 0) is 19.7 Å². The summed E-state index contributed by atoms with van der Waals surface area (Å²) in [4.78, 5) is 0. The molecule has 6 nitrogen and oxygen atoms in total. The van der Waals surface area contributed by atoms with Crippen LogP contribution >= 0.6 is 0 Å². The van der Waals surface area contributed by atoms with Gasteiger partial charge in [0.25, 0.3) is 10.2 Å². The molecule has 7 heteroatoms. The summed E-state index contributed by atoms with van der Waals surface area (Å²) in [5.41, 5.74) is 0. The van der Waals surface area contributed by atoms with Crippen LogP contribution in [0.2, 0.25) is 0 Å². The molecule has 0 aromatic rings. The summed E-state index contributed by atoms with van der Waals surface area (Å²) in [6, 6.07) is 0. The third-order valence-electron chi connectivity index (χ3n) is 2.78. The quantitative estimate of drug-likeness (QED) is 0.703. The first-order chi connectivity index (χ1) is 8.81. The van der Waals surface area contributed by atoms with E-state index in [4.69, 9.17) is 9.47 Å². The summed E-state index contributed by atoms with van der Waals surface area (Å²) in [6.07, 6.45) is 0.721. The molecule has 0 spiro atoms. The standard InChI is InChI=1S/C12H26N2O4S/c1-10(2)17-7-5-6-13-19(15,16)14-8-11(3)18-12(4)9-14/h10-13H,5-9H2,1-4H3/t11-,12-/m1/s1. The SMILES string of the molecule is CC(C)OCCCNS(=O)(=O)N1C[C@@H](C)O[C@H](C)C1. The number of hydrogen-bond acceptors (Lipinski definition) is 4. The van der Waals surface area contributed by atoms with Gasteiger partial charge in [-0.25, -0.2) is 4.72 Å². The van der Waals surface area contributed by atoms with E-state index < -0.39 is 10.2 Å². The summed E-state index contributed by atoms with van der Waals surface area (Å²) < 4.78 is 39.1. The van der Waals surface area contributed by atoms with Crippen LogP contribution in [0.15, 0.2) is 0 Å². The number of morpholine rings is 1. The maximum Gasteiger partial charge on any atom is 0.279 e. The summed E-state index contributed by atoms with van der Waals surface area (Å²) in [6.45, 7) is 9.46. The molecule has 0 radical (unpaired) electrons. The summed E-state index contributed by atoms with van der Waals surface area (Å²) in [5.74, 6) is 0. The number of nitrogens with one attached hydrogen (secondary N) is 1. The molecule has 2 atom stereocenters. The van der Waals surface area contributed by atoms with Gasteiger partial charge in [0.2, 0.25) is 0 Å². The molecule has 0 aromatic carbocycles. The van der Waals surface area contributed by atoms with E-state index in [1.165, 1.54) is 4.31 Å². The van der Waals surface area contributed by atoms with Gasteiger partial charge in [-0.2, -0.15) is 12.7 Å². The zero-order valence-corrected chi connectivity index (χ0v) is 13.1. The number of nitrogens with zero attached hydrogens (tertiary/aromatic N) is 1. The van der Waals surface area contributed by atoms with Gasteiger partial charge in [-0.1, -0.05) is 0 Å². The Morgan fingerprint density at radius 1 is 1.32 bits per heavy atom. The second-order valence-corrected chi connectivity index (χ2v) is 7.00. The van der Waals surface area contributed by atoms with Crippen molar-refractivity contribution in [3.05, 3.63) is 0 Å². The van der Waals surface area contributed by atoms with E-state index in [1.54, 1.807) is 0 Å². The summed E-state index contributed by atoms with van der Waals surface area (Å²) in [7, 11) is -3.40. The van der Waals surface area contributed by atoms with Gasteiger partial charge in [-0.3, -0.25) is 0 Å². The van der Waals surface area contributed by atoms with Gasteiger partial charge >= 0.3 is 0 Å². The summed E-state index contributed by atoms with van der Waals surface area (Å²) >= 11 is 0. The molecule has 1 aliphatic heterocycles. The topological polar surface area (TPSA) is 67.9 Å². The largest absolute Gasteiger partial charge is 0.379 e. The molecule has 0 amide bonds. The maximum atomic E-state index is 12.1. The van der Waals surface area contributed by atoms with Gasteiger partial charge in [-0.15, -0.1) is 0 Å². The molecule has 0 aromatic heterocycles. The van der Waals surface area contributed by atoms with Crippen molar-refractivity contribution < 1.29 is 17.9 Å². The Morgan fingerprint density at radius 2 is 1.89 bits per heavy atom. The average Bonchev–Trinajstić information content (AvgIpc) is 2.26. The molecule has 19 heavy (non-hydrogen) atoms. The van der Waals surface area contributed by atoms with Crippen LogP contribution in [0, 0.1) is 0 Å². The van der Waals surface area contributed by atoms with Gasteiger partial charge in [0.05, 0.1) is 18.3 Å². The van der Waals surface area contributed by atoms with Crippen molar-refractivity contribution in [1.29, 1.82) is 0 Å². The fourth-order valence-corrected chi connectivity index (χ4v) is 3.41. The Kier molecular flexibility index (Phi) is 6.68. The molecule has 0 saturated carbocycles. The highest BCUT2D eigenvalue weighted by atomic mass is 32.2. The molecular weight excluding hydrogens is 268 g/mol. The van der Waals surface area contributed by atoms with Gasteiger partial charge in [0, 0.05) is 26.2 Å². The van der Waals surface area contributed by atoms with Crippen molar-refractivity contribution in [3.8, 4) is 0 Å². The zero-order valence-electron chi connectivity index (χ0n) is 12.3. The predicted octanol–water partition coefficient (Wildman–Crippen LogP) is 0.745. The Bertz CT molecular complexity index is 349. The van der Waals surface area contributed by atoms with E-state index in [0.29, 0.717) is 32.7 Å². The van der Waals surface area contributed by atoms with Crippen LogP contribution in [0.4, 0.5) is 0 Å². The predicted molar refractivity (Wildman–Crippen MR) is 74.2 cm³/mol. The number of hydrogen-bond donors (Lipinski definition) is 1. The van der Waals surface area contributed by atoms with Crippen LogP contribution < -0.4 is 4.72 Å². The Morgan fingerprint density at radius 3 is 2.42 bits per heavy atom. The second kappa shape index (κ2) is 7.54. The highest BCUT2D eigenvalue weighted by Gasteiger charge is 2.30. The minimum absolute atomic E-state index is 0.0652. The Balaban J connectivity index is 2.34. The Hall–Kier alpha value is -0.210. The smallest absolute Gasteiger partial charge is 0.279 e. The van der Waals surface area contributed by atoms with Crippen LogP contribution in [0.25, 0.3) is 0 Å². The van der Waals surface area contributed by atoms with Crippen molar-refractivity contribution in [3.63, 3.8) is 0 Å². The lowest BCUT2D eigenvalue weighted by molar-refractivity contribution is -0.0444. The lowest BCUT2D eigenvalue weighted by Crippen LogP contribution is -2.52. The second-order valence-electron chi connectivity index (χ2n) is 5.25. The van der Waals surface area contributed by atoms with E-state index in [0.717, 1.165) is 0 Å². The zero-order chi connectivity index (χ0) is 14.5. The molecular formula is C12H26N2O4S. The molecule has 0 aliphatic carbocycles. The van der Waals surface area contributed by atoms with Crippen molar-refractivity contribution in [1.82, 2.24) is 9.03 Å². The first-order valence-electron chi connectivity index (χ1n) is 6.83. The van der Waals surface area contributed by atoms with Crippen LogP contribution in [0.5, 0.6) is 0 Å². The first kappa shape index (κ1) is 16.8. The van der Waals surface area contributed by atoms with Gasteiger partial charge in [0.1, 0.15) is 0 Å². The first-order valence-corrected chi connectivity index (χ1v) is 8.27. The van der Waals surface area contributed by atoms with E-state index in [9.17, 15) is 8.42 Å². The van der Waals surface area contributed by atoms with Crippen LogP contribution in [0.3, 0.4) is 0 Å². The molecule has 1 aliphatic rings. The van der Waals surface area contributed by atoms with Gasteiger partial charge in [-0.05, 0) is 34.1 Å². The van der Waals surface area contributed by atoms with Crippen molar-refractivity contribution in [2.24, 2.45) is 0 Å². The van der Waals surface area contributed by atoms with Gasteiger partial charge < -0.3 is 9.47 Å². The van der Waals surface area contributed by atoms with E-state index >= 15 is 0 Å². The van der Waals surface area contributed by atoms with E-state index in [-0.39, 0.29) is 18.3 Å². The molecule has 1 fully saturated rings. The minimum Gasteiger partial charge on any atom is -0.379 e. The van der Waals surface area contributed by atoms with Crippen molar-refractivity contribution in [2.75, 3.05) is 26.2 Å². The molecule has 0 bridgehead atoms. The lowest BCUT2D eigenvalue weighted by atomic mass is 10.3. The van der Waals surface area contributed by atoms with Crippen LogP contribution in [-0.4, -0.2) is 57.3 Å². The maximum absolute atomic E-state index is 12.1. The van der Waals surface area contributed by atoms with Crippen molar-refractivity contribution in [2.45, 2.75) is 52.4 Å². The van der Waals surface area contributed by atoms with Gasteiger partial charge in [0.15, 0.2) is 0 Å². The third-order valence-corrected chi connectivity index (χ3v) is 4.33. The lowest BCUT2D eigenvalue weighted by Gasteiger charge is -2.34. The molecule has 1 rings (SSSR count). The Labute approximate surface area is 116 Å². The molecule has 0 unspecified atom stereocenters. The highest BCUT2D eigenvalue weighted by Crippen LogP contribution is 2.13. The highest BCUT2D eigenvalue weighted by molar-refractivity contribution is 7.87. The summed E-state index contributed by atoms with van der Waals surface area (Å²) in [5, 5.41) is 0. The number of rotatable bonds is 7. The normalized spacial score (nSPS) is 25.9. The fourth-order valence-electron chi connectivity index (χ4n) is 2.01. The fraction of sp³-hybridized carbons (Fsp3) is 1.00. The molecule has 1 heterocycles. The van der Waals surface area contributed by atoms with Crippen molar-refractivity contribution >= 4 is 10.2 Å². The molecule has 1 saturated heterocycles. The van der Waals surface area contributed by atoms with E-state index in [2.05, 4.69) is 4.72 Å². The molecule has 114 valence electrons. The van der Waals surface area contributed by atoms with Crippen LogP contribution in [0.1, 0.15) is 34.1 Å². The molecule has 1 N–H and O–H groups in total. The average molecular weight is 294 g/mol. The van der Waals surface area contributed by atoms with E-state index in [1.807, 2.05) is 27.7 Å². The number of ether oxygens (including phenoxy) is 2. The monoisotopic (exact) mass is 294 g/mol.